The average Bonchev–Trinajstić information content (AvgIpc) is 2.84. The number of benzene rings is 3. The summed E-state index contributed by atoms with van der Waals surface area (Å²) >= 11 is 0. The van der Waals surface area contributed by atoms with Crippen molar-refractivity contribution >= 4 is 27.5 Å². The van der Waals surface area contributed by atoms with Gasteiger partial charge in [-0.05, 0) is 24.3 Å². The summed E-state index contributed by atoms with van der Waals surface area (Å²) in [6.07, 6.45) is 0. The molecule has 0 radical (unpaired) electrons. The number of fused-ring (bicyclic) bond motifs is 3. The van der Waals surface area contributed by atoms with Crippen LogP contribution in [0.5, 0.6) is 5.75 Å². The molecule has 0 aliphatic carbocycles. The number of hydrogen-bond donors (Lipinski definition) is 3. The van der Waals surface area contributed by atoms with Crippen molar-refractivity contribution in [3.8, 4) is 16.9 Å². The molecule has 0 unspecified atom stereocenters. The van der Waals surface area contributed by atoms with Gasteiger partial charge in [0.1, 0.15) is 5.75 Å². The molecule has 0 amide bonds. The van der Waals surface area contributed by atoms with E-state index in [1.165, 1.54) is 0 Å². The molecule has 0 atom stereocenters. The molecule has 0 aliphatic rings. The van der Waals surface area contributed by atoms with Crippen LogP contribution in [0.3, 0.4) is 0 Å². The Morgan fingerprint density at radius 3 is 2.38 bits per heavy atom. The SMILES string of the molecule is Nc1cc2[nH]c3ccccc3c2cc1-c1ccccc1O. The van der Waals surface area contributed by atoms with Gasteiger partial charge >= 0.3 is 0 Å². The van der Waals surface area contributed by atoms with Crippen LogP contribution in [-0.2, 0) is 0 Å². The Morgan fingerprint density at radius 2 is 1.52 bits per heavy atom. The Hall–Kier alpha value is -2.94. The van der Waals surface area contributed by atoms with Crippen LogP contribution in [0, 0.1) is 0 Å². The Balaban J connectivity index is 2.08. The molecule has 3 heteroatoms. The molecule has 0 spiro atoms. The van der Waals surface area contributed by atoms with E-state index in [4.69, 9.17) is 5.73 Å². The van der Waals surface area contributed by atoms with Crippen molar-refractivity contribution < 1.29 is 5.11 Å². The molecule has 4 N–H and O–H groups in total. The summed E-state index contributed by atoms with van der Waals surface area (Å²) in [5.74, 6) is 0.239. The smallest absolute Gasteiger partial charge is 0.123 e. The third-order valence-corrected chi connectivity index (χ3v) is 3.87. The summed E-state index contributed by atoms with van der Waals surface area (Å²) < 4.78 is 0. The largest absolute Gasteiger partial charge is 0.507 e. The first-order valence-electron chi connectivity index (χ1n) is 6.82. The van der Waals surface area contributed by atoms with E-state index in [1.54, 1.807) is 12.1 Å². The normalized spacial score (nSPS) is 11.2. The number of H-pyrrole nitrogens is 1. The summed E-state index contributed by atoms with van der Waals surface area (Å²) in [6, 6.07) is 19.4. The molecule has 0 saturated heterocycles. The topological polar surface area (TPSA) is 62.0 Å². The number of aromatic nitrogens is 1. The number of nitrogens with one attached hydrogen (secondary N) is 1. The molecule has 0 saturated carbocycles. The molecule has 4 aromatic rings. The quantitative estimate of drug-likeness (QED) is 0.454. The van der Waals surface area contributed by atoms with Crippen LogP contribution < -0.4 is 5.73 Å². The second kappa shape index (κ2) is 4.28. The van der Waals surface area contributed by atoms with Crippen molar-refractivity contribution in [1.82, 2.24) is 4.98 Å². The first kappa shape index (κ1) is 11.9. The lowest BCUT2D eigenvalue weighted by Crippen LogP contribution is -1.90. The maximum Gasteiger partial charge on any atom is 0.123 e. The van der Waals surface area contributed by atoms with Crippen molar-refractivity contribution in [2.45, 2.75) is 0 Å². The van der Waals surface area contributed by atoms with E-state index in [2.05, 4.69) is 11.1 Å². The van der Waals surface area contributed by atoms with Gasteiger partial charge in [-0.25, -0.2) is 0 Å². The molecule has 102 valence electrons. The molecule has 1 aromatic heterocycles. The highest BCUT2D eigenvalue weighted by molar-refractivity contribution is 6.10. The summed E-state index contributed by atoms with van der Waals surface area (Å²) in [4.78, 5) is 3.37. The molecule has 3 nitrogen and oxygen atoms in total. The fourth-order valence-corrected chi connectivity index (χ4v) is 2.85. The summed E-state index contributed by atoms with van der Waals surface area (Å²) in [6.45, 7) is 0. The lowest BCUT2D eigenvalue weighted by molar-refractivity contribution is 0.477. The van der Waals surface area contributed by atoms with Crippen LogP contribution in [0.25, 0.3) is 32.9 Å². The second-order valence-electron chi connectivity index (χ2n) is 5.17. The number of nitrogens with two attached hydrogens (primary N) is 1. The maximum atomic E-state index is 10.1. The summed E-state index contributed by atoms with van der Waals surface area (Å²) in [7, 11) is 0. The Bertz CT molecular complexity index is 969. The number of hydrogen-bond acceptors (Lipinski definition) is 2. The van der Waals surface area contributed by atoms with Gasteiger partial charge in [0.25, 0.3) is 0 Å². The highest BCUT2D eigenvalue weighted by Gasteiger charge is 2.11. The fourth-order valence-electron chi connectivity index (χ4n) is 2.85. The van der Waals surface area contributed by atoms with E-state index >= 15 is 0 Å². The zero-order valence-electron chi connectivity index (χ0n) is 11.3. The molecule has 4 rings (SSSR count). The monoisotopic (exact) mass is 274 g/mol. The van der Waals surface area contributed by atoms with E-state index in [0.29, 0.717) is 5.69 Å². The van der Waals surface area contributed by atoms with E-state index in [0.717, 1.165) is 32.9 Å². The predicted molar refractivity (Wildman–Crippen MR) is 87.3 cm³/mol. The zero-order valence-corrected chi connectivity index (χ0v) is 11.3. The third-order valence-electron chi connectivity index (χ3n) is 3.87. The summed E-state index contributed by atoms with van der Waals surface area (Å²) in [5.41, 5.74) is 10.5. The van der Waals surface area contributed by atoms with E-state index in [9.17, 15) is 5.11 Å². The van der Waals surface area contributed by atoms with E-state index in [1.807, 2.05) is 42.5 Å². The lowest BCUT2D eigenvalue weighted by Gasteiger charge is -2.08. The second-order valence-corrected chi connectivity index (χ2v) is 5.17. The number of para-hydroxylation sites is 2. The van der Waals surface area contributed by atoms with Gasteiger partial charge in [-0.2, -0.15) is 0 Å². The number of rotatable bonds is 1. The van der Waals surface area contributed by atoms with Crippen LogP contribution in [0.15, 0.2) is 60.7 Å². The van der Waals surface area contributed by atoms with Crippen LogP contribution in [0.1, 0.15) is 0 Å². The zero-order chi connectivity index (χ0) is 14.4. The Labute approximate surface area is 121 Å². The molecule has 21 heavy (non-hydrogen) atoms. The lowest BCUT2D eigenvalue weighted by atomic mass is 10.00. The molecule has 0 bridgehead atoms. The van der Waals surface area contributed by atoms with E-state index in [-0.39, 0.29) is 5.75 Å². The van der Waals surface area contributed by atoms with E-state index < -0.39 is 0 Å². The van der Waals surface area contributed by atoms with Gasteiger partial charge in [-0.1, -0.05) is 36.4 Å². The van der Waals surface area contributed by atoms with Crippen LogP contribution in [-0.4, -0.2) is 10.1 Å². The maximum absolute atomic E-state index is 10.1. The third kappa shape index (κ3) is 1.75. The number of aromatic hydroxyl groups is 1. The molecular weight excluding hydrogens is 260 g/mol. The molecule has 0 fully saturated rings. The van der Waals surface area contributed by atoms with Crippen molar-refractivity contribution in [2.75, 3.05) is 5.73 Å². The molecule has 1 heterocycles. The first-order chi connectivity index (χ1) is 10.2. The highest BCUT2D eigenvalue weighted by atomic mass is 16.3. The number of aromatic amines is 1. The van der Waals surface area contributed by atoms with Gasteiger partial charge in [0.2, 0.25) is 0 Å². The van der Waals surface area contributed by atoms with Gasteiger partial charge in [0, 0.05) is 38.6 Å². The fraction of sp³-hybridized carbons (Fsp3) is 0. The number of anilines is 1. The Kier molecular flexibility index (Phi) is 2.42. The van der Waals surface area contributed by atoms with Crippen LogP contribution in [0.2, 0.25) is 0 Å². The van der Waals surface area contributed by atoms with Gasteiger partial charge in [0.15, 0.2) is 0 Å². The minimum absolute atomic E-state index is 0.239. The van der Waals surface area contributed by atoms with Crippen molar-refractivity contribution in [3.63, 3.8) is 0 Å². The van der Waals surface area contributed by atoms with Crippen molar-refractivity contribution in [1.29, 1.82) is 0 Å². The average molecular weight is 274 g/mol. The highest BCUT2D eigenvalue weighted by Crippen LogP contribution is 2.37. The first-order valence-corrected chi connectivity index (χ1v) is 6.82. The minimum atomic E-state index is 0.239. The predicted octanol–water partition coefficient (Wildman–Crippen LogP) is 4.28. The van der Waals surface area contributed by atoms with Crippen molar-refractivity contribution in [2.24, 2.45) is 0 Å². The van der Waals surface area contributed by atoms with Crippen LogP contribution >= 0.6 is 0 Å². The van der Waals surface area contributed by atoms with Gasteiger partial charge in [0.05, 0.1) is 0 Å². The van der Waals surface area contributed by atoms with Crippen molar-refractivity contribution in [3.05, 3.63) is 60.7 Å². The van der Waals surface area contributed by atoms with Gasteiger partial charge in [-0.3, -0.25) is 0 Å². The standard InChI is InChI=1S/C18H14N2O/c19-15-10-17-14(11-5-1-3-7-16(11)20-17)9-13(15)12-6-2-4-8-18(12)21/h1-10,20-21H,19H2. The molecule has 3 aromatic carbocycles. The number of nitrogen functional groups attached to an aromatic ring is 1. The summed E-state index contributed by atoms with van der Waals surface area (Å²) in [5, 5.41) is 12.3. The number of phenolic OH excluding ortho intramolecular Hbond substituents is 1. The molecular formula is C18H14N2O. The molecule has 0 aliphatic heterocycles. The van der Waals surface area contributed by atoms with Crippen LogP contribution in [0.4, 0.5) is 5.69 Å². The van der Waals surface area contributed by atoms with Gasteiger partial charge < -0.3 is 15.8 Å². The minimum Gasteiger partial charge on any atom is -0.507 e. The Morgan fingerprint density at radius 1 is 0.762 bits per heavy atom. The number of phenols is 1. The van der Waals surface area contributed by atoms with Gasteiger partial charge in [-0.15, -0.1) is 0 Å².